The number of aromatic nitrogens is 1. The number of carboxylic acid groups (broad SMARTS) is 1. The molecular formula is C13H17N3O3S. The van der Waals surface area contributed by atoms with Gasteiger partial charge in [0.1, 0.15) is 5.01 Å². The van der Waals surface area contributed by atoms with E-state index in [1.165, 1.54) is 23.1 Å². The molecule has 2 amide bonds. The monoisotopic (exact) mass is 295 g/mol. The van der Waals surface area contributed by atoms with E-state index >= 15 is 0 Å². The lowest BCUT2D eigenvalue weighted by Crippen LogP contribution is -2.45. The molecule has 20 heavy (non-hydrogen) atoms. The second-order valence-corrected chi connectivity index (χ2v) is 6.42. The van der Waals surface area contributed by atoms with Crippen molar-refractivity contribution in [2.24, 2.45) is 5.92 Å². The SMILES string of the molecule is CC(NC(=O)N1CC2CCC1C2)c1nc(C(=O)O)cs1. The number of nitrogens with one attached hydrogen (secondary N) is 1. The number of hydrogen-bond acceptors (Lipinski definition) is 4. The highest BCUT2D eigenvalue weighted by atomic mass is 32.1. The van der Waals surface area contributed by atoms with Gasteiger partial charge in [-0.25, -0.2) is 14.6 Å². The van der Waals surface area contributed by atoms with Gasteiger partial charge in [0.2, 0.25) is 0 Å². The number of carboxylic acids is 1. The van der Waals surface area contributed by atoms with Crippen LogP contribution in [0.25, 0.3) is 0 Å². The molecule has 0 aromatic carbocycles. The fourth-order valence-electron chi connectivity index (χ4n) is 3.09. The van der Waals surface area contributed by atoms with Crippen molar-refractivity contribution < 1.29 is 14.7 Å². The Morgan fingerprint density at radius 1 is 1.55 bits per heavy atom. The molecule has 6 nitrogen and oxygen atoms in total. The number of urea groups is 1. The van der Waals surface area contributed by atoms with Crippen molar-refractivity contribution in [1.29, 1.82) is 0 Å². The Morgan fingerprint density at radius 3 is 2.90 bits per heavy atom. The molecule has 1 saturated heterocycles. The molecule has 0 spiro atoms. The number of likely N-dealkylation sites (tertiary alicyclic amines) is 1. The third-order valence-corrected chi connectivity index (χ3v) is 5.15. The second kappa shape index (κ2) is 5.05. The van der Waals surface area contributed by atoms with Gasteiger partial charge in [0.15, 0.2) is 5.69 Å². The highest BCUT2D eigenvalue weighted by Crippen LogP contribution is 2.37. The zero-order chi connectivity index (χ0) is 14.3. The number of carbonyl (C=O) groups is 2. The summed E-state index contributed by atoms with van der Waals surface area (Å²) in [5, 5.41) is 13.9. The number of nitrogens with zero attached hydrogens (tertiary/aromatic N) is 2. The number of thiazole rings is 1. The summed E-state index contributed by atoms with van der Waals surface area (Å²) in [5.41, 5.74) is 0.0336. The van der Waals surface area contributed by atoms with E-state index in [0.717, 1.165) is 19.4 Å². The fourth-order valence-corrected chi connectivity index (χ4v) is 3.89. The number of aromatic carboxylic acids is 1. The van der Waals surface area contributed by atoms with Gasteiger partial charge in [-0.05, 0) is 32.1 Å². The highest BCUT2D eigenvalue weighted by Gasteiger charge is 2.40. The Bertz CT molecular complexity index is 545. The maximum atomic E-state index is 12.2. The van der Waals surface area contributed by atoms with Gasteiger partial charge >= 0.3 is 12.0 Å². The van der Waals surface area contributed by atoms with E-state index < -0.39 is 5.97 Å². The Labute approximate surface area is 120 Å². The summed E-state index contributed by atoms with van der Waals surface area (Å²) in [6.07, 6.45) is 3.47. The predicted octanol–water partition coefficient (Wildman–Crippen LogP) is 2.10. The Balaban J connectivity index is 1.62. The van der Waals surface area contributed by atoms with Gasteiger partial charge in [-0.2, -0.15) is 0 Å². The molecule has 7 heteroatoms. The lowest BCUT2D eigenvalue weighted by molar-refractivity contribution is 0.0691. The molecule has 2 fully saturated rings. The minimum atomic E-state index is -1.04. The summed E-state index contributed by atoms with van der Waals surface area (Å²) in [7, 11) is 0. The second-order valence-electron chi connectivity index (χ2n) is 5.53. The van der Waals surface area contributed by atoms with Crippen LogP contribution in [0.2, 0.25) is 0 Å². The molecular weight excluding hydrogens is 278 g/mol. The van der Waals surface area contributed by atoms with Crippen molar-refractivity contribution in [1.82, 2.24) is 15.2 Å². The van der Waals surface area contributed by atoms with Crippen LogP contribution in [0.1, 0.15) is 47.7 Å². The molecule has 3 atom stereocenters. The molecule has 2 bridgehead atoms. The van der Waals surface area contributed by atoms with E-state index in [2.05, 4.69) is 10.3 Å². The Hall–Kier alpha value is -1.63. The van der Waals surface area contributed by atoms with Gasteiger partial charge in [0, 0.05) is 18.0 Å². The first-order valence-electron chi connectivity index (χ1n) is 6.80. The summed E-state index contributed by atoms with van der Waals surface area (Å²) in [5.74, 6) is -0.373. The van der Waals surface area contributed by atoms with E-state index in [4.69, 9.17) is 5.11 Å². The number of piperidine rings is 1. The van der Waals surface area contributed by atoms with Crippen LogP contribution < -0.4 is 5.32 Å². The van der Waals surface area contributed by atoms with Gasteiger partial charge in [-0.1, -0.05) is 0 Å². The van der Waals surface area contributed by atoms with Crippen molar-refractivity contribution in [2.75, 3.05) is 6.54 Å². The van der Waals surface area contributed by atoms with Crippen LogP contribution in [-0.2, 0) is 0 Å². The molecule has 1 aliphatic heterocycles. The molecule has 108 valence electrons. The molecule has 2 aliphatic rings. The number of fused-ring (bicyclic) bond motifs is 2. The first-order chi connectivity index (χ1) is 9.54. The van der Waals surface area contributed by atoms with Gasteiger partial charge in [-0.3, -0.25) is 0 Å². The largest absolute Gasteiger partial charge is 0.476 e. The van der Waals surface area contributed by atoms with E-state index in [-0.39, 0.29) is 17.8 Å². The van der Waals surface area contributed by atoms with Crippen LogP contribution >= 0.6 is 11.3 Å². The van der Waals surface area contributed by atoms with Crippen LogP contribution in [0.3, 0.4) is 0 Å². The third kappa shape index (κ3) is 2.37. The topological polar surface area (TPSA) is 82.5 Å². The summed E-state index contributed by atoms with van der Waals surface area (Å²) in [6, 6.07) is 0.0644. The summed E-state index contributed by atoms with van der Waals surface area (Å²) >= 11 is 1.26. The van der Waals surface area contributed by atoms with Crippen molar-refractivity contribution >= 4 is 23.3 Å². The number of carbonyl (C=O) groups excluding carboxylic acids is 1. The molecule has 3 unspecified atom stereocenters. The van der Waals surface area contributed by atoms with E-state index in [0.29, 0.717) is 17.0 Å². The highest BCUT2D eigenvalue weighted by molar-refractivity contribution is 7.09. The minimum Gasteiger partial charge on any atom is -0.476 e. The average molecular weight is 295 g/mol. The van der Waals surface area contributed by atoms with Crippen molar-refractivity contribution in [2.45, 2.75) is 38.3 Å². The third-order valence-electron chi connectivity index (χ3n) is 4.12. The Kier molecular flexibility index (Phi) is 3.37. The lowest BCUT2D eigenvalue weighted by Gasteiger charge is -2.28. The smallest absolute Gasteiger partial charge is 0.355 e. The summed E-state index contributed by atoms with van der Waals surface area (Å²) in [4.78, 5) is 29.0. The van der Waals surface area contributed by atoms with Gasteiger partial charge in [-0.15, -0.1) is 11.3 Å². The average Bonchev–Trinajstić information content (AvgIpc) is 3.14. The molecule has 3 rings (SSSR count). The minimum absolute atomic E-state index is 0.0336. The molecule has 2 heterocycles. The van der Waals surface area contributed by atoms with E-state index in [9.17, 15) is 9.59 Å². The molecule has 2 N–H and O–H groups in total. The standard InChI is InChI=1S/C13H17N3O3S/c1-7(11-15-10(6-20-11)12(17)18)14-13(19)16-5-8-2-3-9(16)4-8/h6-9H,2-5H2,1H3,(H,14,19)(H,17,18). The first kappa shape index (κ1) is 13.4. The maximum Gasteiger partial charge on any atom is 0.355 e. The fraction of sp³-hybridized carbons (Fsp3) is 0.615. The first-order valence-corrected chi connectivity index (χ1v) is 7.68. The normalized spacial score (nSPS) is 25.8. The number of rotatable bonds is 3. The van der Waals surface area contributed by atoms with Crippen molar-refractivity contribution in [3.63, 3.8) is 0 Å². The molecule has 1 aromatic rings. The van der Waals surface area contributed by atoms with Crippen LogP contribution in [0.5, 0.6) is 0 Å². The molecule has 1 saturated carbocycles. The lowest BCUT2D eigenvalue weighted by atomic mass is 10.1. The van der Waals surface area contributed by atoms with Gasteiger partial charge in [0.25, 0.3) is 0 Å². The Morgan fingerprint density at radius 2 is 2.35 bits per heavy atom. The summed E-state index contributed by atoms with van der Waals surface area (Å²) < 4.78 is 0. The van der Waals surface area contributed by atoms with Crippen LogP contribution in [0, 0.1) is 5.92 Å². The zero-order valence-corrected chi connectivity index (χ0v) is 12.0. The van der Waals surface area contributed by atoms with Crippen LogP contribution in [0.4, 0.5) is 4.79 Å². The number of amides is 2. The van der Waals surface area contributed by atoms with E-state index in [1.807, 2.05) is 11.8 Å². The van der Waals surface area contributed by atoms with Gasteiger partial charge in [0.05, 0.1) is 6.04 Å². The van der Waals surface area contributed by atoms with Gasteiger partial charge < -0.3 is 15.3 Å². The molecule has 1 aliphatic carbocycles. The maximum absolute atomic E-state index is 12.2. The quantitative estimate of drug-likeness (QED) is 0.894. The number of hydrogen-bond donors (Lipinski definition) is 2. The summed E-state index contributed by atoms with van der Waals surface area (Å²) in [6.45, 7) is 2.68. The zero-order valence-electron chi connectivity index (χ0n) is 11.2. The van der Waals surface area contributed by atoms with Crippen molar-refractivity contribution in [3.8, 4) is 0 Å². The van der Waals surface area contributed by atoms with E-state index in [1.54, 1.807) is 0 Å². The van der Waals surface area contributed by atoms with Crippen molar-refractivity contribution in [3.05, 3.63) is 16.1 Å². The molecule has 0 radical (unpaired) electrons. The van der Waals surface area contributed by atoms with Crippen LogP contribution in [-0.4, -0.2) is 39.6 Å². The predicted molar refractivity (Wildman–Crippen MR) is 73.9 cm³/mol. The van der Waals surface area contributed by atoms with Crippen LogP contribution in [0.15, 0.2) is 5.38 Å². The molecule has 1 aromatic heterocycles.